The van der Waals surface area contributed by atoms with E-state index in [0.29, 0.717) is 5.69 Å². The normalized spacial score (nSPS) is 24.1. The van der Waals surface area contributed by atoms with Gasteiger partial charge in [0, 0.05) is 20.0 Å². The van der Waals surface area contributed by atoms with Crippen molar-refractivity contribution in [3.05, 3.63) is 5.69 Å². The highest BCUT2D eigenvalue weighted by molar-refractivity contribution is 7.89. The van der Waals surface area contributed by atoms with Gasteiger partial charge in [-0.25, -0.2) is 8.42 Å². The summed E-state index contributed by atoms with van der Waals surface area (Å²) in [7, 11) is -2.48. The molecular weight excluding hydrogens is 286 g/mol. The first-order valence-electron chi connectivity index (χ1n) is 5.94. The van der Waals surface area contributed by atoms with Crippen molar-refractivity contribution in [1.82, 2.24) is 14.1 Å². The maximum Gasteiger partial charge on any atom is 0.249 e. The Hall–Kier alpha value is -1.65. The number of aryl methyl sites for hydroxylation is 1. The molecular formula is C10H17N5O4S. The molecule has 1 aromatic heterocycles. The Morgan fingerprint density at radius 1 is 1.50 bits per heavy atom. The van der Waals surface area contributed by atoms with E-state index in [0.717, 1.165) is 4.31 Å². The summed E-state index contributed by atoms with van der Waals surface area (Å²) in [4.78, 5) is 11.2. The van der Waals surface area contributed by atoms with Crippen LogP contribution >= 0.6 is 0 Å². The van der Waals surface area contributed by atoms with Crippen LogP contribution in [0.4, 0.5) is 5.82 Å². The molecule has 1 saturated heterocycles. The van der Waals surface area contributed by atoms with Crippen molar-refractivity contribution in [2.24, 2.45) is 12.8 Å². The van der Waals surface area contributed by atoms with E-state index < -0.39 is 28.1 Å². The maximum absolute atomic E-state index is 12.6. The number of nitrogens with two attached hydrogens (primary N) is 2. The number of nitrogen functional groups attached to an aromatic ring is 1. The molecule has 0 aliphatic carbocycles. The fraction of sp³-hybridized carbons (Fsp3) is 0.600. The smallest absolute Gasteiger partial charge is 0.249 e. The molecule has 112 valence electrons. The number of aliphatic hydroxyl groups is 1. The van der Waals surface area contributed by atoms with Crippen molar-refractivity contribution in [2.75, 3.05) is 12.3 Å². The van der Waals surface area contributed by atoms with Crippen LogP contribution in [0.25, 0.3) is 0 Å². The SMILES string of the molecule is Cc1c(S(=O)(=O)N2CC(O)CC2C(N)=O)c(N)nn1C. The minimum atomic E-state index is -4.04. The van der Waals surface area contributed by atoms with E-state index in [1.165, 1.54) is 4.68 Å². The lowest BCUT2D eigenvalue weighted by Gasteiger charge is -2.21. The molecule has 9 nitrogen and oxygen atoms in total. The van der Waals surface area contributed by atoms with Crippen LogP contribution in [-0.2, 0) is 21.9 Å². The van der Waals surface area contributed by atoms with Crippen LogP contribution in [0.3, 0.4) is 0 Å². The summed E-state index contributed by atoms with van der Waals surface area (Å²) < 4.78 is 27.5. The fourth-order valence-electron chi connectivity index (χ4n) is 2.36. The summed E-state index contributed by atoms with van der Waals surface area (Å²) in [6.07, 6.45) is -0.950. The van der Waals surface area contributed by atoms with Gasteiger partial charge in [-0.3, -0.25) is 9.48 Å². The second kappa shape index (κ2) is 4.72. The number of carbonyl (C=O) groups excluding carboxylic acids is 1. The van der Waals surface area contributed by atoms with Crippen LogP contribution < -0.4 is 11.5 Å². The van der Waals surface area contributed by atoms with Crippen molar-refractivity contribution >= 4 is 21.7 Å². The number of sulfonamides is 1. The number of aliphatic hydroxyl groups excluding tert-OH is 1. The first-order chi connectivity index (χ1) is 9.16. The van der Waals surface area contributed by atoms with Crippen LogP contribution in [0.2, 0.25) is 0 Å². The third-order valence-electron chi connectivity index (χ3n) is 3.43. The molecule has 2 atom stereocenters. The molecule has 0 spiro atoms. The minimum absolute atomic E-state index is 0.0201. The first-order valence-corrected chi connectivity index (χ1v) is 7.38. The van der Waals surface area contributed by atoms with Gasteiger partial charge in [0.15, 0.2) is 5.82 Å². The topological polar surface area (TPSA) is 145 Å². The van der Waals surface area contributed by atoms with Crippen molar-refractivity contribution in [2.45, 2.75) is 30.4 Å². The second-order valence-electron chi connectivity index (χ2n) is 4.81. The van der Waals surface area contributed by atoms with Crippen LogP contribution in [0.5, 0.6) is 0 Å². The molecule has 0 saturated carbocycles. The molecule has 2 rings (SSSR count). The average Bonchev–Trinajstić information content (AvgIpc) is 2.81. The number of hydrogen-bond donors (Lipinski definition) is 3. The third kappa shape index (κ3) is 2.15. The molecule has 2 unspecified atom stereocenters. The molecule has 10 heteroatoms. The number of primary amides is 1. The Labute approximate surface area is 116 Å². The molecule has 0 aromatic carbocycles. The largest absolute Gasteiger partial charge is 0.392 e. The van der Waals surface area contributed by atoms with Gasteiger partial charge in [-0.05, 0) is 6.92 Å². The summed E-state index contributed by atoms with van der Waals surface area (Å²) in [5.41, 5.74) is 11.2. The Kier molecular flexibility index (Phi) is 3.48. The zero-order chi connectivity index (χ0) is 15.2. The summed E-state index contributed by atoms with van der Waals surface area (Å²) in [5, 5.41) is 13.5. The predicted octanol–water partition coefficient (Wildman–Crippen LogP) is -2.08. The summed E-state index contributed by atoms with van der Waals surface area (Å²) in [6, 6.07) is -1.07. The minimum Gasteiger partial charge on any atom is -0.392 e. The monoisotopic (exact) mass is 303 g/mol. The molecule has 1 amide bonds. The molecule has 20 heavy (non-hydrogen) atoms. The van der Waals surface area contributed by atoms with Gasteiger partial charge < -0.3 is 16.6 Å². The predicted molar refractivity (Wildman–Crippen MR) is 69.9 cm³/mol. The zero-order valence-electron chi connectivity index (χ0n) is 11.1. The van der Waals surface area contributed by atoms with Crippen LogP contribution in [-0.4, -0.2) is 52.2 Å². The van der Waals surface area contributed by atoms with E-state index in [1.54, 1.807) is 14.0 Å². The lowest BCUT2D eigenvalue weighted by atomic mass is 10.2. The molecule has 1 fully saturated rings. The van der Waals surface area contributed by atoms with Crippen LogP contribution in [0.15, 0.2) is 4.90 Å². The van der Waals surface area contributed by atoms with E-state index in [-0.39, 0.29) is 23.7 Å². The molecule has 0 radical (unpaired) electrons. The first kappa shape index (κ1) is 14.8. The fourth-order valence-corrected chi connectivity index (χ4v) is 4.30. The van der Waals surface area contributed by atoms with Crippen molar-refractivity contribution < 1.29 is 18.3 Å². The summed E-state index contributed by atoms with van der Waals surface area (Å²) in [6.45, 7) is 1.37. The highest BCUT2D eigenvalue weighted by atomic mass is 32.2. The number of carbonyl (C=O) groups is 1. The molecule has 2 heterocycles. The Bertz CT molecular complexity index is 653. The average molecular weight is 303 g/mol. The lowest BCUT2D eigenvalue weighted by Crippen LogP contribution is -2.43. The summed E-state index contributed by atoms with van der Waals surface area (Å²) in [5.74, 6) is -0.945. The summed E-state index contributed by atoms with van der Waals surface area (Å²) >= 11 is 0. The van der Waals surface area contributed by atoms with Gasteiger partial charge in [-0.2, -0.15) is 9.40 Å². The van der Waals surface area contributed by atoms with Gasteiger partial charge in [-0.1, -0.05) is 0 Å². The van der Waals surface area contributed by atoms with Gasteiger partial charge in [0.25, 0.3) is 0 Å². The Morgan fingerprint density at radius 2 is 2.10 bits per heavy atom. The Balaban J connectivity index is 2.52. The number of anilines is 1. The lowest BCUT2D eigenvalue weighted by molar-refractivity contribution is -0.121. The van der Waals surface area contributed by atoms with Crippen LogP contribution in [0, 0.1) is 6.92 Å². The van der Waals surface area contributed by atoms with E-state index in [9.17, 15) is 18.3 Å². The number of hydrogen-bond acceptors (Lipinski definition) is 6. The maximum atomic E-state index is 12.6. The zero-order valence-corrected chi connectivity index (χ0v) is 12.0. The van der Waals surface area contributed by atoms with Gasteiger partial charge >= 0.3 is 0 Å². The molecule has 0 bridgehead atoms. The third-order valence-corrected chi connectivity index (χ3v) is 5.47. The molecule has 1 aliphatic heterocycles. The molecule has 5 N–H and O–H groups in total. The highest BCUT2D eigenvalue weighted by Gasteiger charge is 2.44. The standard InChI is InChI=1S/C10H17N5O4S/c1-5-8(9(11)13-14(5)2)20(18,19)15-4-6(16)3-7(15)10(12)17/h6-7,16H,3-4H2,1-2H3,(H2,11,13)(H2,12,17). The van der Waals surface area contributed by atoms with Gasteiger partial charge in [0.2, 0.25) is 15.9 Å². The van der Waals surface area contributed by atoms with Crippen molar-refractivity contribution in [1.29, 1.82) is 0 Å². The number of amides is 1. The molecule has 1 aliphatic rings. The number of nitrogens with zero attached hydrogens (tertiary/aromatic N) is 3. The Morgan fingerprint density at radius 3 is 2.55 bits per heavy atom. The second-order valence-corrected chi connectivity index (χ2v) is 6.63. The number of β-amino-alcohol motifs (C(OH)–C–C–N with tert-alkyl or cyclic N) is 1. The highest BCUT2D eigenvalue weighted by Crippen LogP contribution is 2.30. The van der Waals surface area contributed by atoms with Crippen molar-refractivity contribution in [3.8, 4) is 0 Å². The van der Waals surface area contributed by atoms with E-state index in [4.69, 9.17) is 11.5 Å². The van der Waals surface area contributed by atoms with Gasteiger partial charge in [-0.15, -0.1) is 0 Å². The van der Waals surface area contributed by atoms with E-state index in [2.05, 4.69) is 5.10 Å². The van der Waals surface area contributed by atoms with E-state index in [1.807, 2.05) is 0 Å². The number of rotatable bonds is 3. The van der Waals surface area contributed by atoms with Gasteiger partial charge in [0.05, 0.1) is 11.8 Å². The molecule has 1 aromatic rings. The quantitative estimate of drug-likeness (QED) is 0.584. The van der Waals surface area contributed by atoms with Crippen molar-refractivity contribution in [3.63, 3.8) is 0 Å². The van der Waals surface area contributed by atoms with Gasteiger partial charge in [0.1, 0.15) is 10.9 Å². The number of aromatic nitrogens is 2. The van der Waals surface area contributed by atoms with Crippen LogP contribution in [0.1, 0.15) is 12.1 Å². The van der Waals surface area contributed by atoms with E-state index >= 15 is 0 Å².